The molecule has 0 radical (unpaired) electrons. The summed E-state index contributed by atoms with van der Waals surface area (Å²) in [6, 6.07) is 3.19. The van der Waals surface area contributed by atoms with Crippen LogP contribution in [0.15, 0.2) is 29.8 Å². The molecule has 21 heavy (non-hydrogen) atoms. The number of rotatable bonds is 4. The SMILES string of the molecule is O=C(CNc1nccs1)Nc1ccc(Cl)c(C(F)(F)F)c1. The molecular formula is C12H9ClF3N3OS. The number of benzene rings is 1. The van der Waals surface area contributed by atoms with Crippen molar-refractivity contribution in [3.8, 4) is 0 Å². The van der Waals surface area contributed by atoms with Crippen LogP contribution in [-0.4, -0.2) is 17.4 Å². The van der Waals surface area contributed by atoms with Gasteiger partial charge >= 0.3 is 6.18 Å². The molecule has 0 aliphatic heterocycles. The highest BCUT2D eigenvalue weighted by Crippen LogP contribution is 2.36. The lowest BCUT2D eigenvalue weighted by atomic mass is 10.2. The summed E-state index contributed by atoms with van der Waals surface area (Å²) in [5.74, 6) is -0.486. The quantitative estimate of drug-likeness (QED) is 0.892. The maximum atomic E-state index is 12.7. The lowest BCUT2D eigenvalue weighted by Crippen LogP contribution is -2.22. The number of aromatic nitrogens is 1. The molecule has 0 atom stereocenters. The highest BCUT2D eigenvalue weighted by Gasteiger charge is 2.33. The average Bonchev–Trinajstić information content (AvgIpc) is 2.90. The first-order valence-corrected chi connectivity index (χ1v) is 6.92. The van der Waals surface area contributed by atoms with Crippen LogP contribution in [0.4, 0.5) is 24.0 Å². The van der Waals surface area contributed by atoms with Gasteiger partial charge < -0.3 is 10.6 Å². The van der Waals surface area contributed by atoms with Crippen molar-refractivity contribution in [2.45, 2.75) is 6.18 Å². The summed E-state index contributed by atoms with van der Waals surface area (Å²) in [6.07, 6.45) is -3.00. The van der Waals surface area contributed by atoms with Gasteiger partial charge in [0.1, 0.15) is 0 Å². The molecule has 0 aliphatic carbocycles. The van der Waals surface area contributed by atoms with Crippen LogP contribution in [0, 0.1) is 0 Å². The molecule has 0 fully saturated rings. The van der Waals surface area contributed by atoms with Gasteiger partial charge in [0.25, 0.3) is 0 Å². The minimum absolute atomic E-state index is 0.0256. The monoisotopic (exact) mass is 335 g/mol. The number of anilines is 2. The second kappa shape index (κ2) is 6.31. The highest BCUT2D eigenvalue weighted by molar-refractivity contribution is 7.13. The summed E-state index contributed by atoms with van der Waals surface area (Å²) in [4.78, 5) is 15.6. The van der Waals surface area contributed by atoms with Gasteiger partial charge in [-0.1, -0.05) is 11.6 Å². The molecule has 112 valence electrons. The van der Waals surface area contributed by atoms with Crippen LogP contribution in [-0.2, 0) is 11.0 Å². The van der Waals surface area contributed by atoms with Crippen molar-refractivity contribution in [1.29, 1.82) is 0 Å². The van der Waals surface area contributed by atoms with Crippen molar-refractivity contribution < 1.29 is 18.0 Å². The second-order valence-electron chi connectivity index (χ2n) is 3.93. The second-order valence-corrected chi connectivity index (χ2v) is 5.23. The van der Waals surface area contributed by atoms with E-state index in [1.165, 1.54) is 17.4 Å². The first kappa shape index (κ1) is 15.6. The maximum Gasteiger partial charge on any atom is 0.417 e. The number of nitrogens with zero attached hydrogens (tertiary/aromatic N) is 1. The third-order valence-electron chi connectivity index (χ3n) is 2.39. The van der Waals surface area contributed by atoms with Gasteiger partial charge in [0, 0.05) is 17.3 Å². The summed E-state index contributed by atoms with van der Waals surface area (Å²) >= 11 is 6.80. The molecule has 1 amide bonds. The molecule has 1 heterocycles. The number of hydrogen-bond donors (Lipinski definition) is 2. The van der Waals surface area contributed by atoms with E-state index in [1.54, 1.807) is 11.6 Å². The van der Waals surface area contributed by atoms with Crippen LogP contribution in [0.1, 0.15) is 5.56 Å². The van der Waals surface area contributed by atoms with Crippen molar-refractivity contribution in [2.24, 2.45) is 0 Å². The number of thiazole rings is 1. The summed E-state index contributed by atoms with van der Waals surface area (Å²) in [7, 11) is 0. The maximum absolute atomic E-state index is 12.7. The zero-order valence-electron chi connectivity index (χ0n) is 10.4. The van der Waals surface area contributed by atoms with E-state index in [2.05, 4.69) is 15.6 Å². The number of halogens is 4. The Bertz CT molecular complexity index is 631. The summed E-state index contributed by atoms with van der Waals surface area (Å²) < 4.78 is 38.1. The first-order chi connectivity index (χ1) is 9.86. The fourth-order valence-electron chi connectivity index (χ4n) is 1.49. The Morgan fingerprint density at radius 3 is 2.76 bits per heavy atom. The van der Waals surface area contributed by atoms with Crippen molar-refractivity contribution in [2.75, 3.05) is 17.2 Å². The highest BCUT2D eigenvalue weighted by atomic mass is 35.5. The molecule has 0 saturated heterocycles. The Labute approximate surface area is 127 Å². The number of carbonyl (C=O) groups excluding carboxylic acids is 1. The largest absolute Gasteiger partial charge is 0.417 e. The van der Waals surface area contributed by atoms with Gasteiger partial charge in [-0.05, 0) is 18.2 Å². The summed E-state index contributed by atoms with van der Waals surface area (Å²) in [5.41, 5.74) is -0.965. The minimum Gasteiger partial charge on any atom is -0.352 e. The van der Waals surface area contributed by atoms with Crippen molar-refractivity contribution in [1.82, 2.24) is 4.98 Å². The van der Waals surface area contributed by atoms with E-state index in [0.717, 1.165) is 12.1 Å². The van der Waals surface area contributed by atoms with E-state index in [0.29, 0.717) is 5.13 Å². The zero-order chi connectivity index (χ0) is 15.5. The van der Waals surface area contributed by atoms with Crippen molar-refractivity contribution >= 4 is 39.7 Å². The van der Waals surface area contributed by atoms with E-state index < -0.39 is 22.7 Å². The van der Waals surface area contributed by atoms with Crippen molar-refractivity contribution in [3.63, 3.8) is 0 Å². The summed E-state index contributed by atoms with van der Waals surface area (Å²) in [5, 5.41) is 6.98. The molecule has 0 saturated carbocycles. The van der Waals surface area contributed by atoms with E-state index in [9.17, 15) is 18.0 Å². The standard InChI is InChI=1S/C12H9ClF3N3OS/c13-9-2-1-7(5-8(9)12(14,15)16)19-10(20)6-18-11-17-3-4-21-11/h1-5H,6H2,(H,17,18)(H,19,20). The van der Waals surface area contributed by atoms with Gasteiger partial charge in [0.05, 0.1) is 17.1 Å². The Balaban J connectivity index is 2.01. The van der Waals surface area contributed by atoms with Gasteiger partial charge in [0.2, 0.25) is 5.91 Å². The van der Waals surface area contributed by atoms with E-state index in [1.807, 2.05) is 0 Å². The number of alkyl halides is 3. The van der Waals surface area contributed by atoms with Crippen LogP contribution >= 0.6 is 22.9 Å². The third kappa shape index (κ3) is 4.33. The lowest BCUT2D eigenvalue weighted by Gasteiger charge is -2.11. The fraction of sp³-hybridized carbons (Fsp3) is 0.167. The average molecular weight is 336 g/mol. The number of carbonyl (C=O) groups is 1. The topological polar surface area (TPSA) is 54.0 Å². The molecular weight excluding hydrogens is 327 g/mol. The minimum atomic E-state index is -4.57. The van der Waals surface area contributed by atoms with E-state index in [-0.39, 0.29) is 12.2 Å². The van der Waals surface area contributed by atoms with Gasteiger partial charge in [-0.3, -0.25) is 4.79 Å². The molecule has 2 aromatic rings. The van der Waals surface area contributed by atoms with Gasteiger partial charge in [0.15, 0.2) is 5.13 Å². The van der Waals surface area contributed by atoms with E-state index >= 15 is 0 Å². The molecule has 0 bridgehead atoms. The van der Waals surface area contributed by atoms with Crippen LogP contribution < -0.4 is 10.6 Å². The van der Waals surface area contributed by atoms with Gasteiger partial charge in [-0.25, -0.2) is 4.98 Å². The van der Waals surface area contributed by atoms with Crippen molar-refractivity contribution in [3.05, 3.63) is 40.4 Å². The molecule has 4 nitrogen and oxygen atoms in total. The fourth-order valence-corrected chi connectivity index (χ4v) is 2.24. The predicted octanol–water partition coefficient (Wildman–Crippen LogP) is 3.87. The number of amides is 1. The third-order valence-corrected chi connectivity index (χ3v) is 3.45. The Morgan fingerprint density at radius 2 is 2.14 bits per heavy atom. The normalized spacial score (nSPS) is 11.2. The molecule has 0 aliphatic rings. The Hall–Kier alpha value is -1.80. The molecule has 1 aromatic heterocycles. The molecule has 1 aromatic carbocycles. The molecule has 2 rings (SSSR count). The van der Waals surface area contributed by atoms with E-state index in [4.69, 9.17) is 11.6 Å². The molecule has 2 N–H and O–H groups in total. The first-order valence-electron chi connectivity index (χ1n) is 5.66. The zero-order valence-corrected chi connectivity index (χ0v) is 11.9. The Kier molecular flexibility index (Phi) is 4.69. The number of hydrogen-bond acceptors (Lipinski definition) is 4. The van der Waals surface area contributed by atoms with Crippen LogP contribution in [0.25, 0.3) is 0 Å². The smallest absolute Gasteiger partial charge is 0.352 e. The van der Waals surface area contributed by atoms with Gasteiger partial charge in [-0.2, -0.15) is 13.2 Å². The molecule has 9 heteroatoms. The van der Waals surface area contributed by atoms with Gasteiger partial charge in [-0.15, -0.1) is 11.3 Å². The van der Waals surface area contributed by atoms with Crippen LogP contribution in [0.3, 0.4) is 0 Å². The lowest BCUT2D eigenvalue weighted by molar-refractivity contribution is -0.137. The molecule has 0 unspecified atom stereocenters. The summed E-state index contributed by atoms with van der Waals surface area (Å²) in [6.45, 7) is -0.0997. The molecule has 0 spiro atoms. The van der Waals surface area contributed by atoms with Crippen LogP contribution in [0.5, 0.6) is 0 Å². The van der Waals surface area contributed by atoms with Crippen LogP contribution in [0.2, 0.25) is 5.02 Å². The number of nitrogens with one attached hydrogen (secondary N) is 2. The Morgan fingerprint density at radius 1 is 1.38 bits per heavy atom. The predicted molar refractivity (Wildman–Crippen MR) is 75.7 cm³/mol.